The van der Waals surface area contributed by atoms with Crippen molar-refractivity contribution in [1.82, 2.24) is 0 Å². The van der Waals surface area contributed by atoms with E-state index in [-0.39, 0.29) is 28.4 Å². The molecule has 2 amide bonds. The molecular formula is C18H17N3O7S. The third-order valence-electron chi connectivity index (χ3n) is 4.18. The van der Waals surface area contributed by atoms with Crippen LogP contribution in [0, 0.1) is 0 Å². The standard InChI is InChI=1S/C18H17N3O7S/c1-10-17(23)21(14-7-2-11(18(24)25)8-15(14)28-10)9-16(22)20-12-3-5-13(6-4-12)29(19,26)27/h2-8,10H,9H2,1H3,(H,20,22)(H,24,25)(H2,19,26,27). The van der Waals surface area contributed by atoms with Gasteiger partial charge < -0.3 is 15.2 Å². The molecule has 10 nitrogen and oxygen atoms in total. The van der Waals surface area contributed by atoms with E-state index in [2.05, 4.69) is 5.32 Å². The Kier molecular flexibility index (Phi) is 5.27. The Morgan fingerprint density at radius 3 is 2.45 bits per heavy atom. The molecule has 1 atom stereocenters. The molecule has 152 valence electrons. The van der Waals surface area contributed by atoms with Gasteiger partial charge in [-0.2, -0.15) is 0 Å². The number of carbonyl (C=O) groups excluding carboxylic acids is 2. The number of carboxylic acids is 1. The molecule has 4 N–H and O–H groups in total. The van der Waals surface area contributed by atoms with Crippen LogP contribution in [0.4, 0.5) is 11.4 Å². The van der Waals surface area contributed by atoms with Gasteiger partial charge in [0.1, 0.15) is 12.3 Å². The maximum atomic E-state index is 12.5. The molecule has 3 rings (SSSR count). The fraction of sp³-hybridized carbons (Fsp3) is 0.167. The molecule has 11 heteroatoms. The second kappa shape index (κ2) is 7.53. The lowest BCUT2D eigenvalue weighted by Crippen LogP contribution is -2.47. The lowest BCUT2D eigenvalue weighted by Gasteiger charge is -2.32. The first kappa shape index (κ1) is 20.3. The summed E-state index contributed by atoms with van der Waals surface area (Å²) in [5.41, 5.74) is 0.583. The molecule has 0 spiro atoms. The summed E-state index contributed by atoms with van der Waals surface area (Å²) in [5, 5.41) is 16.7. The van der Waals surface area contributed by atoms with Gasteiger partial charge in [0.05, 0.1) is 16.1 Å². The second-order valence-electron chi connectivity index (χ2n) is 6.29. The van der Waals surface area contributed by atoms with Crippen molar-refractivity contribution >= 4 is 39.2 Å². The largest absolute Gasteiger partial charge is 0.479 e. The number of nitrogens with one attached hydrogen (secondary N) is 1. The average molecular weight is 419 g/mol. The molecule has 1 aliphatic rings. The molecule has 2 aromatic rings. The van der Waals surface area contributed by atoms with Crippen LogP contribution in [0.3, 0.4) is 0 Å². The maximum Gasteiger partial charge on any atom is 0.335 e. The lowest BCUT2D eigenvalue weighted by molar-refractivity contribution is -0.127. The Balaban J connectivity index is 1.79. The zero-order valence-corrected chi connectivity index (χ0v) is 16.0. The second-order valence-corrected chi connectivity index (χ2v) is 7.85. The summed E-state index contributed by atoms with van der Waals surface area (Å²) in [4.78, 5) is 37.1. The number of aromatic carboxylic acids is 1. The zero-order valence-electron chi connectivity index (χ0n) is 15.2. The minimum Gasteiger partial charge on any atom is -0.479 e. The van der Waals surface area contributed by atoms with E-state index in [0.29, 0.717) is 5.69 Å². The topological polar surface area (TPSA) is 156 Å². The minimum absolute atomic E-state index is 0.00959. The van der Waals surface area contributed by atoms with Crippen molar-refractivity contribution in [3.63, 3.8) is 0 Å². The number of benzene rings is 2. The van der Waals surface area contributed by atoms with Crippen LogP contribution in [0.2, 0.25) is 0 Å². The van der Waals surface area contributed by atoms with E-state index in [9.17, 15) is 22.8 Å². The molecule has 1 unspecified atom stereocenters. The molecule has 0 aliphatic carbocycles. The number of hydrogen-bond donors (Lipinski definition) is 3. The van der Waals surface area contributed by atoms with Gasteiger partial charge in [0.25, 0.3) is 5.91 Å². The van der Waals surface area contributed by atoms with Crippen molar-refractivity contribution < 1.29 is 32.6 Å². The molecule has 0 bridgehead atoms. The Bertz CT molecular complexity index is 1100. The van der Waals surface area contributed by atoms with E-state index < -0.39 is 33.9 Å². The zero-order chi connectivity index (χ0) is 21.3. The highest BCUT2D eigenvalue weighted by Gasteiger charge is 2.33. The summed E-state index contributed by atoms with van der Waals surface area (Å²) >= 11 is 0. The number of carbonyl (C=O) groups is 3. The van der Waals surface area contributed by atoms with Crippen LogP contribution >= 0.6 is 0 Å². The monoisotopic (exact) mass is 419 g/mol. The summed E-state index contributed by atoms with van der Waals surface area (Å²) in [6.45, 7) is 1.15. The van der Waals surface area contributed by atoms with Gasteiger partial charge >= 0.3 is 5.97 Å². The van der Waals surface area contributed by atoms with Gasteiger partial charge in [-0.15, -0.1) is 0 Å². The number of sulfonamides is 1. The molecule has 0 saturated carbocycles. The van der Waals surface area contributed by atoms with Crippen molar-refractivity contribution in [1.29, 1.82) is 0 Å². The molecule has 1 aliphatic heterocycles. The van der Waals surface area contributed by atoms with Gasteiger partial charge in [0, 0.05) is 5.69 Å². The number of nitrogens with zero attached hydrogens (tertiary/aromatic N) is 1. The molecule has 0 saturated heterocycles. The summed E-state index contributed by atoms with van der Waals surface area (Å²) in [6, 6.07) is 9.23. The molecule has 0 aromatic heterocycles. The lowest BCUT2D eigenvalue weighted by atomic mass is 10.1. The average Bonchev–Trinajstić information content (AvgIpc) is 2.64. The van der Waals surface area contributed by atoms with E-state index in [1.165, 1.54) is 54.3 Å². The van der Waals surface area contributed by atoms with Crippen LogP contribution in [0.15, 0.2) is 47.4 Å². The summed E-state index contributed by atoms with van der Waals surface area (Å²) < 4.78 is 28.0. The van der Waals surface area contributed by atoms with Crippen LogP contribution in [-0.2, 0) is 19.6 Å². The smallest absolute Gasteiger partial charge is 0.335 e. The maximum absolute atomic E-state index is 12.5. The first-order chi connectivity index (χ1) is 13.6. The number of ether oxygens (including phenoxy) is 1. The Labute approximate surface area is 165 Å². The molecule has 0 radical (unpaired) electrons. The molecule has 29 heavy (non-hydrogen) atoms. The Morgan fingerprint density at radius 1 is 1.21 bits per heavy atom. The van der Waals surface area contributed by atoms with Crippen molar-refractivity contribution in [2.45, 2.75) is 17.9 Å². The molecular weight excluding hydrogens is 402 g/mol. The summed E-state index contributed by atoms with van der Waals surface area (Å²) in [7, 11) is -3.85. The fourth-order valence-corrected chi connectivity index (χ4v) is 3.29. The fourth-order valence-electron chi connectivity index (χ4n) is 2.78. The van der Waals surface area contributed by atoms with Crippen LogP contribution < -0.4 is 20.1 Å². The van der Waals surface area contributed by atoms with E-state index in [1.54, 1.807) is 0 Å². The predicted molar refractivity (Wildman–Crippen MR) is 102 cm³/mol. The van der Waals surface area contributed by atoms with Crippen LogP contribution in [0.5, 0.6) is 5.75 Å². The molecule has 2 aromatic carbocycles. The quantitative estimate of drug-likeness (QED) is 0.646. The minimum atomic E-state index is -3.85. The van der Waals surface area contributed by atoms with Gasteiger partial charge in [0.2, 0.25) is 15.9 Å². The number of amides is 2. The van der Waals surface area contributed by atoms with E-state index in [0.717, 1.165) is 0 Å². The van der Waals surface area contributed by atoms with Gasteiger partial charge in [-0.1, -0.05) is 0 Å². The highest BCUT2D eigenvalue weighted by atomic mass is 32.2. The van der Waals surface area contributed by atoms with Gasteiger partial charge in [-0.05, 0) is 49.4 Å². The SMILES string of the molecule is CC1Oc2cc(C(=O)O)ccc2N(CC(=O)Nc2ccc(S(N)(=O)=O)cc2)C1=O. The first-order valence-corrected chi connectivity index (χ1v) is 9.89. The predicted octanol–water partition coefficient (Wildman–Crippen LogP) is 0.785. The molecule has 0 fully saturated rings. The normalized spacial score (nSPS) is 16.0. The number of hydrogen-bond acceptors (Lipinski definition) is 6. The van der Waals surface area contributed by atoms with E-state index in [1.807, 2.05) is 0 Å². The van der Waals surface area contributed by atoms with Crippen molar-refractivity contribution in [2.75, 3.05) is 16.8 Å². The highest BCUT2D eigenvalue weighted by Crippen LogP contribution is 2.34. The van der Waals surface area contributed by atoms with Crippen molar-refractivity contribution in [3.05, 3.63) is 48.0 Å². The number of rotatable bonds is 5. The van der Waals surface area contributed by atoms with Crippen LogP contribution in [-0.4, -0.2) is 44.0 Å². The first-order valence-electron chi connectivity index (χ1n) is 8.34. The van der Waals surface area contributed by atoms with Gasteiger partial charge in [-0.3, -0.25) is 14.5 Å². The number of anilines is 2. The third-order valence-corrected chi connectivity index (χ3v) is 5.11. The highest BCUT2D eigenvalue weighted by molar-refractivity contribution is 7.89. The number of nitrogens with two attached hydrogens (primary N) is 1. The van der Waals surface area contributed by atoms with Crippen molar-refractivity contribution in [2.24, 2.45) is 5.14 Å². The Hall–Kier alpha value is -3.44. The van der Waals surface area contributed by atoms with Crippen LogP contribution in [0.25, 0.3) is 0 Å². The third kappa shape index (κ3) is 4.36. The summed E-state index contributed by atoms with van der Waals surface area (Å²) in [5.74, 6) is -1.96. The Morgan fingerprint density at radius 2 is 1.86 bits per heavy atom. The number of carboxylic acid groups (broad SMARTS) is 1. The molecule has 1 heterocycles. The van der Waals surface area contributed by atoms with Gasteiger partial charge in [-0.25, -0.2) is 18.4 Å². The van der Waals surface area contributed by atoms with E-state index >= 15 is 0 Å². The van der Waals surface area contributed by atoms with Gasteiger partial charge in [0.15, 0.2) is 6.10 Å². The summed E-state index contributed by atoms with van der Waals surface area (Å²) in [6.07, 6.45) is -0.895. The van der Waals surface area contributed by atoms with E-state index in [4.69, 9.17) is 15.0 Å². The number of fused-ring (bicyclic) bond motifs is 1. The van der Waals surface area contributed by atoms with Crippen LogP contribution in [0.1, 0.15) is 17.3 Å². The number of primary sulfonamides is 1. The van der Waals surface area contributed by atoms with Crippen molar-refractivity contribution in [3.8, 4) is 5.75 Å².